The molecule has 94 valence electrons. The third kappa shape index (κ3) is 3.08. The highest BCUT2D eigenvalue weighted by Gasteiger charge is 2.26. The minimum atomic E-state index is 0.273. The minimum Gasteiger partial charge on any atom is -0.474 e. The monoisotopic (exact) mass is 235 g/mol. The molecule has 17 heavy (non-hydrogen) atoms. The Balaban J connectivity index is 2.01. The van der Waals surface area contributed by atoms with E-state index in [1.165, 1.54) is 6.42 Å². The lowest BCUT2D eigenvalue weighted by Gasteiger charge is -2.31. The molecule has 0 amide bonds. The van der Waals surface area contributed by atoms with Gasteiger partial charge in [0.15, 0.2) is 0 Å². The summed E-state index contributed by atoms with van der Waals surface area (Å²) in [7, 11) is 0. The molecule has 1 aliphatic rings. The molecule has 1 fully saturated rings. The van der Waals surface area contributed by atoms with Crippen LogP contribution >= 0.6 is 0 Å². The van der Waals surface area contributed by atoms with Crippen molar-refractivity contribution < 1.29 is 4.74 Å². The molecule has 1 aliphatic carbocycles. The summed E-state index contributed by atoms with van der Waals surface area (Å²) >= 11 is 0. The van der Waals surface area contributed by atoms with E-state index in [0.29, 0.717) is 23.4 Å². The Morgan fingerprint density at radius 1 is 1.24 bits per heavy atom. The summed E-state index contributed by atoms with van der Waals surface area (Å²) in [5, 5.41) is 0. The lowest BCUT2D eigenvalue weighted by Crippen LogP contribution is -2.29. The van der Waals surface area contributed by atoms with Crippen molar-refractivity contribution in [2.75, 3.05) is 5.73 Å². The smallest absolute Gasteiger partial charge is 0.218 e. The minimum absolute atomic E-state index is 0.273. The Labute approximate surface area is 103 Å². The van der Waals surface area contributed by atoms with Crippen molar-refractivity contribution >= 4 is 5.82 Å². The van der Waals surface area contributed by atoms with Crippen molar-refractivity contribution in [3.63, 3.8) is 0 Å². The van der Waals surface area contributed by atoms with Gasteiger partial charge in [-0.2, -0.15) is 4.98 Å². The second-order valence-electron chi connectivity index (χ2n) is 5.19. The molecular formula is C13H21N3O. The summed E-state index contributed by atoms with van der Waals surface area (Å²) in [6, 6.07) is 1.70. The number of rotatable bonds is 2. The zero-order valence-corrected chi connectivity index (χ0v) is 10.8. The SMILES string of the molecule is Cc1nc(N)cc(OC2CCC(C)C(C)C2)n1. The van der Waals surface area contributed by atoms with Crippen LogP contribution in [0.25, 0.3) is 0 Å². The molecule has 3 atom stereocenters. The number of nitrogens with zero attached hydrogens (tertiary/aromatic N) is 2. The van der Waals surface area contributed by atoms with E-state index in [9.17, 15) is 0 Å². The van der Waals surface area contributed by atoms with Gasteiger partial charge in [0, 0.05) is 6.07 Å². The second kappa shape index (κ2) is 4.90. The van der Waals surface area contributed by atoms with Gasteiger partial charge in [-0.3, -0.25) is 0 Å². The number of anilines is 1. The van der Waals surface area contributed by atoms with Crippen LogP contribution in [0.5, 0.6) is 5.88 Å². The van der Waals surface area contributed by atoms with E-state index < -0.39 is 0 Å². The van der Waals surface area contributed by atoms with Crippen LogP contribution in [0.1, 0.15) is 38.9 Å². The molecule has 4 heteroatoms. The second-order valence-corrected chi connectivity index (χ2v) is 5.19. The maximum absolute atomic E-state index is 5.90. The Bertz CT molecular complexity index is 374. The molecule has 3 unspecified atom stereocenters. The molecule has 4 nitrogen and oxygen atoms in total. The first-order valence-corrected chi connectivity index (χ1v) is 6.32. The van der Waals surface area contributed by atoms with Crippen LogP contribution in [-0.4, -0.2) is 16.1 Å². The Kier molecular flexibility index (Phi) is 3.50. The van der Waals surface area contributed by atoms with Crippen LogP contribution in [0.4, 0.5) is 5.82 Å². The standard InChI is InChI=1S/C13H21N3O/c1-8-4-5-11(6-9(8)2)17-13-7-12(14)15-10(3)16-13/h7-9,11H,4-6H2,1-3H3,(H2,14,15,16). The van der Waals surface area contributed by atoms with Crippen molar-refractivity contribution in [2.45, 2.75) is 46.1 Å². The fourth-order valence-electron chi connectivity index (χ4n) is 2.40. The summed E-state index contributed by atoms with van der Waals surface area (Å²) in [5.41, 5.74) is 5.68. The first-order chi connectivity index (χ1) is 8.04. The summed E-state index contributed by atoms with van der Waals surface area (Å²) in [6.45, 7) is 6.43. The lowest BCUT2D eigenvalue weighted by molar-refractivity contribution is 0.0962. The van der Waals surface area contributed by atoms with Gasteiger partial charge in [0.25, 0.3) is 0 Å². The molecule has 2 N–H and O–H groups in total. The quantitative estimate of drug-likeness (QED) is 0.855. The zero-order chi connectivity index (χ0) is 12.4. The number of nitrogen functional groups attached to an aromatic ring is 1. The maximum Gasteiger partial charge on any atom is 0.218 e. The van der Waals surface area contributed by atoms with Gasteiger partial charge in [-0.1, -0.05) is 13.8 Å². The van der Waals surface area contributed by atoms with E-state index in [-0.39, 0.29) is 6.10 Å². The van der Waals surface area contributed by atoms with E-state index in [4.69, 9.17) is 10.5 Å². The van der Waals surface area contributed by atoms with Gasteiger partial charge in [0.05, 0.1) is 0 Å². The number of hydrogen-bond donors (Lipinski definition) is 1. The number of aryl methyl sites for hydroxylation is 1. The maximum atomic E-state index is 5.90. The Hall–Kier alpha value is -1.32. The Morgan fingerprint density at radius 2 is 2.00 bits per heavy atom. The fourth-order valence-corrected chi connectivity index (χ4v) is 2.40. The molecular weight excluding hydrogens is 214 g/mol. The molecule has 1 heterocycles. The van der Waals surface area contributed by atoms with Gasteiger partial charge in [-0.05, 0) is 38.0 Å². The molecule has 0 radical (unpaired) electrons. The van der Waals surface area contributed by atoms with E-state index in [1.54, 1.807) is 6.07 Å². The topological polar surface area (TPSA) is 61.0 Å². The predicted molar refractivity (Wildman–Crippen MR) is 67.8 cm³/mol. The molecule has 1 aromatic heterocycles. The molecule has 1 saturated carbocycles. The number of ether oxygens (including phenoxy) is 1. The zero-order valence-electron chi connectivity index (χ0n) is 10.8. The van der Waals surface area contributed by atoms with Gasteiger partial charge >= 0.3 is 0 Å². The lowest BCUT2D eigenvalue weighted by atomic mass is 9.80. The van der Waals surface area contributed by atoms with E-state index >= 15 is 0 Å². The first kappa shape index (κ1) is 12.1. The van der Waals surface area contributed by atoms with Crippen LogP contribution in [0.3, 0.4) is 0 Å². The molecule has 0 saturated heterocycles. The summed E-state index contributed by atoms with van der Waals surface area (Å²) < 4.78 is 5.90. The van der Waals surface area contributed by atoms with Gasteiger partial charge in [0.2, 0.25) is 5.88 Å². The van der Waals surface area contributed by atoms with E-state index in [2.05, 4.69) is 23.8 Å². The molecule has 0 bridgehead atoms. The summed E-state index contributed by atoms with van der Waals surface area (Å²) in [5.74, 6) is 3.27. The number of nitrogens with two attached hydrogens (primary N) is 1. The number of hydrogen-bond acceptors (Lipinski definition) is 4. The predicted octanol–water partition coefficient (Wildman–Crippen LogP) is 2.57. The van der Waals surface area contributed by atoms with Gasteiger partial charge in [0.1, 0.15) is 17.7 Å². The number of aromatic nitrogens is 2. The van der Waals surface area contributed by atoms with Crippen molar-refractivity contribution in [3.8, 4) is 5.88 Å². The van der Waals surface area contributed by atoms with Crippen LogP contribution in [0.2, 0.25) is 0 Å². The highest BCUT2D eigenvalue weighted by molar-refractivity contribution is 5.32. The summed E-state index contributed by atoms with van der Waals surface area (Å²) in [6.07, 6.45) is 3.71. The Morgan fingerprint density at radius 3 is 2.65 bits per heavy atom. The van der Waals surface area contributed by atoms with Crippen LogP contribution in [-0.2, 0) is 0 Å². The van der Waals surface area contributed by atoms with E-state index in [1.807, 2.05) is 6.92 Å². The average molecular weight is 235 g/mol. The van der Waals surface area contributed by atoms with Gasteiger partial charge < -0.3 is 10.5 Å². The van der Waals surface area contributed by atoms with Crippen LogP contribution < -0.4 is 10.5 Å². The van der Waals surface area contributed by atoms with Crippen molar-refractivity contribution in [1.82, 2.24) is 9.97 Å². The highest BCUT2D eigenvalue weighted by Crippen LogP contribution is 2.31. The van der Waals surface area contributed by atoms with Crippen LogP contribution in [0.15, 0.2) is 6.07 Å². The third-order valence-corrected chi connectivity index (χ3v) is 3.67. The van der Waals surface area contributed by atoms with Gasteiger partial charge in [-0.25, -0.2) is 4.98 Å². The summed E-state index contributed by atoms with van der Waals surface area (Å²) in [4.78, 5) is 8.30. The normalized spacial score (nSPS) is 29.0. The van der Waals surface area contributed by atoms with E-state index in [0.717, 1.165) is 18.8 Å². The van der Waals surface area contributed by atoms with Crippen LogP contribution in [0, 0.1) is 18.8 Å². The molecule has 0 spiro atoms. The largest absolute Gasteiger partial charge is 0.474 e. The molecule has 0 aliphatic heterocycles. The fraction of sp³-hybridized carbons (Fsp3) is 0.692. The molecule has 2 rings (SSSR count). The first-order valence-electron chi connectivity index (χ1n) is 6.32. The van der Waals surface area contributed by atoms with Gasteiger partial charge in [-0.15, -0.1) is 0 Å². The molecule has 0 aromatic carbocycles. The highest BCUT2D eigenvalue weighted by atomic mass is 16.5. The van der Waals surface area contributed by atoms with Crippen molar-refractivity contribution in [1.29, 1.82) is 0 Å². The average Bonchev–Trinajstić information content (AvgIpc) is 2.22. The molecule has 1 aromatic rings. The third-order valence-electron chi connectivity index (χ3n) is 3.67. The van der Waals surface area contributed by atoms with Crippen molar-refractivity contribution in [3.05, 3.63) is 11.9 Å². The van der Waals surface area contributed by atoms with Crippen molar-refractivity contribution in [2.24, 2.45) is 11.8 Å².